The molecule has 45 heavy (non-hydrogen) atoms. The minimum absolute atomic E-state index is 0.138. The normalized spacial score (nSPS) is 11.6. The van der Waals surface area contributed by atoms with Crippen molar-refractivity contribution >= 4 is 52.6 Å². The molecule has 12 heteroatoms. The highest BCUT2D eigenvalue weighted by atomic mass is 32.2. The molecule has 0 spiro atoms. The summed E-state index contributed by atoms with van der Waals surface area (Å²) >= 11 is 1.27. The zero-order valence-corrected chi connectivity index (χ0v) is 25.4. The van der Waals surface area contributed by atoms with E-state index in [0.717, 1.165) is 0 Å². The average molecular weight is 627 g/mol. The summed E-state index contributed by atoms with van der Waals surface area (Å²) in [7, 11) is 3.04. The summed E-state index contributed by atoms with van der Waals surface area (Å²) in [6, 6.07) is 26.1. The molecule has 11 nitrogen and oxygen atoms in total. The van der Waals surface area contributed by atoms with Gasteiger partial charge < -0.3 is 25.4 Å². The molecule has 0 aromatic heterocycles. The second-order valence-electron chi connectivity index (χ2n) is 9.53. The number of benzene rings is 4. The van der Waals surface area contributed by atoms with Gasteiger partial charge >= 0.3 is 0 Å². The van der Waals surface area contributed by atoms with E-state index in [0.29, 0.717) is 33.3 Å². The predicted molar refractivity (Wildman–Crippen MR) is 174 cm³/mol. The summed E-state index contributed by atoms with van der Waals surface area (Å²) in [5, 5.41) is 19.2. The first-order valence-corrected chi connectivity index (χ1v) is 14.5. The smallest absolute Gasteiger partial charge is 0.276 e. The minimum atomic E-state index is -0.697. The van der Waals surface area contributed by atoms with Gasteiger partial charge in [0.1, 0.15) is 17.2 Å². The number of rotatable bonds is 12. The van der Waals surface area contributed by atoms with Gasteiger partial charge in [0.25, 0.3) is 17.5 Å². The van der Waals surface area contributed by atoms with Gasteiger partial charge in [-0.15, -0.1) is 11.8 Å². The molecule has 1 unspecified atom stereocenters. The van der Waals surface area contributed by atoms with E-state index in [-0.39, 0.29) is 22.9 Å². The third-order valence-corrected chi connectivity index (χ3v) is 7.45. The number of hydrogen-bond acceptors (Lipinski definition) is 8. The summed E-state index contributed by atoms with van der Waals surface area (Å²) in [5.74, 6) is -0.457. The van der Waals surface area contributed by atoms with Crippen molar-refractivity contribution in [3.63, 3.8) is 0 Å². The Morgan fingerprint density at radius 3 is 2.16 bits per heavy atom. The van der Waals surface area contributed by atoms with Crippen molar-refractivity contribution in [3.05, 3.63) is 124 Å². The van der Waals surface area contributed by atoms with Crippen molar-refractivity contribution in [3.8, 4) is 11.5 Å². The van der Waals surface area contributed by atoms with Gasteiger partial charge in [0.15, 0.2) is 0 Å². The van der Waals surface area contributed by atoms with Crippen LogP contribution in [0.4, 0.5) is 17.1 Å². The van der Waals surface area contributed by atoms with Crippen LogP contribution in [0, 0.1) is 10.1 Å². The monoisotopic (exact) mass is 626 g/mol. The van der Waals surface area contributed by atoms with E-state index >= 15 is 0 Å². The molecule has 0 radical (unpaired) electrons. The second kappa shape index (κ2) is 15.2. The van der Waals surface area contributed by atoms with Crippen molar-refractivity contribution in [1.29, 1.82) is 0 Å². The first-order chi connectivity index (χ1) is 21.7. The Morgan fingerprint density at radius 1 is 0.822 bits per heavy atom. The number of nitrogens with one attached hydrogen (secondary N) is 3. The third kappa shape index (κ3) is 8.94. The highest BCUT2D eigenvalue weighted by Gasteiger charge is 2.20. The van der Waals surface area contributed by atoms with Crippen molar-refractivity contribution in [1.82, 2.24) is 5.32 Å². The molecule has 1 atom stereocenters. The SMILES string of the molecule is COc1cc(NC(=O)C(C)Sc2cccc(NC(=O)/C(=C\c3ccccc3[N+](=O)[O-])NC(=O)c3ccccc3)c2)cc(OC)c1. The number of ether oxygens (including phenoxy) is 2. The quantitative estimate of drug-likeness (QED) is 0.0735. The molecule has 4 aromatic rings. The summed E-state index contributed by atoms with van der Waals surface area (Å²) in [4.78, 5) is 51.1. The second-order valence-corrected chi connectivity index (χ2v) is 10.9. The lowest BCUT2D eigenvalue weighted by Crippen LogP contribution is -2.30. The van der Waals surface area contributed by atoms with Crippen molar-refractivity contribution < 1.29 is 28.8 Å². The van der Waals surface area contributed by atoms with Gasteiger partial charge in [-0.2, -0.15) is 0 Å². The Labute approximate surface area is 263 Å². The predicted octanol–water partition coefficient (Wildman–Crippen LogP) is 6.14. The summed E-state index contributed by atoms with van der Waals surface area (Å²) in [6.45, 7) is 1.75. The maximum absolute atomic E-state index is 13.5. The molecule has 0 saturated carbocycles. The van der Waals surface area contributed by atoms with Crippen LogP contribution in [0.3, 0.4) is 0 Å². The number of amides is 3. The van der Waals surface area contributed by atoms with E-state index in [1.54, 1.807) is 85.8 Å². The first kappa shape index (κ1) is 32.3. The van der Waals surface area contributed by atoms with E-state index in [9.17, 15) is 24.5 Å². The molecule has 0 aliphatic rings. The number of carbonyl (C=O) groups excluding carboxylic acids is 3. The fourth-order valence-corrected chi connectivity index (χ4v) is 5.03. The zero-order chi connectivity index (χ0) is 32.3. The number of methoxy groups -OCH3 is 2. The molecule has 0 bridgehead atoms. The maximum atomic E-state index is 13.5. The van der Waals surface area contributed by atoms with Crippen LogP contribution in [0.2, 0.25) is 0 Å². The fourth-order valence-electron chi connectivity index (χ4n) is 4.10. The molecule has 4 rings (SSSR count). The Morgan fingerprint density at radius 2 is 1.49 bits per heavy atom. The van der Waals surface area contributed by atoms with Crippen molar-refractivity contribution in [2.75, 3.05) is 24.9 Å². The zero-order valence-electron chi connectivity index (χ0n) is 24.6. The third-order valence-electron chi connectivity index (χ3n) is 6.36. The molecule has 3 N–H and O–H groups in total. The number of carbonyl (C=O) groups is 3. The number of nitro groups is 1. The molecule has 0 aliphatic heterocycles. The lowest BCUT2D eigenvalue weighted by Gasteiger charge is -2.15. The van der Waals surface area contributed by atoms with E-state index < -0.39 is 22.0 Å². The standard InChI is InChI=1S/C33H30N4O7S/c1-21(31(38)35-25-17-26(43-2)20-27(18-25)44-3)45-28-14-9-13-24(19-28)34-33(40)29(36-32(39)22-10-5-4-6-11-22)16-23-12-7-8-15-30(23)37(41)42/h4-21H,1-3H3,(H,34,40)(H,35,38)(H,36,39)/b29-16+. The summed E-state index contributed by atoms with van der Waals surface area (Å²) < 4.78 is 10.5. The number of nitrogens with zero attached hydrogens (tertiary/aromatic N) is 1. The maximum Gasteiger partial charge on any atom is 0.276 e. The number of nitro benzene ring substituents is 1. The van der Waals surface area contributed by atoms with Crippen LogP contribution in [-0.4, -0.2) is 42.1 Å². The van der Waals surface area contributed by atoms with Gasteiger partial charge in [-0.1, -0.05) is 36.4 Å². The molecular formula is C33H30N4O7S. The number of para-hydroxylation sites is 1. The minimum Gasteiger partial charge on any atom is -0.497 e. The van der Waals surface area contributed by atoms with Crippen LogP contribution in [0.15, 0.2) is 108 Å². The Bertz CT molecular complexity index is 1720. The largest absolute Gasteiger partial charge is 0.497 e. The average Bonchev–Trinajstić information content (AvgIpc) is 3.04. The Balaban J connectivity index is 1.51. The molecule has 4 aromatic carbocycles. The highest BCUT2D eigenvalue weighted by molar-refractivity contribution is 8.00. The van der Waals surface area contributed by atoms with Crippen molar-refractivity contribution in [2.45, 2.75) is 17.1 Å². The summed E-state index contributed by atoms with van der Waals surface area (Å²) in [6.07, 6.45) is 1.26. The number of hydrogen-bond donors (Lipinski definition) is 3. The van der Waals surface area contributed by atoms with Crippen molar-refractivity contribution in [2.24, 2.45) is 0 Å². The van der Waals surface area contributed by atoms with Crippen LogP contribution < -0.4 is 25.4 Å². The van der Waals surface area contributed by atoms with Crippen LogP contribution in [0.1, 0.15) is 22.8 Å². The molecule has 230 valence electrons. The topological polar surface area (TPSA) is 149 Å². The van der Waals surface area contributed by atoms with Crippen LogP contribution in [0.5, 0.6) is 11.5 Å². The fraction of sp³-hybridized carbons (Fsp3) is 0.121. The lowest BCUT2D eigenvalue weighted by atomic mass is 10.1. The molecule has 0 saturated heterocycles. The number of thioether (sulfide) groups is 1. The van der Waals surface area contributed by atoms with E-state index in [2.05, 4.69) is 16.0 Å². The highest BCUT2D eigenvalue weighted by Crippen LogP contribution is 2.29. The molecule has 0 fully saturated rings. The van der Waals surface area contributed by atoms with Crippen LogP contribution in [0.25, 0.3) is 6.08 Å². The lowest BCUT2D eigenvalue weighted by molar-refractivity contribution is -0.385. The van der Waals surface area contributed by atoms with Crippen LogP contribution >= 0.6 is 11.8 Å². The van der Waals surface area contributed by atoms with Gasteiger partial charge in [-0.25, -0.2) is 0 Å². The van der Waals surface area contributed by atoms with Gasteiger partial charge in [0, 0.05) is 46.1 Å². The summed E-state index contributed by atoms with van der Waals surface area (Å²) in [5.41, 5.74) is 0.917. The van der Waals surface area contributed by atoms with E-state index in [1.807, 2.05) is 0 Å². The Kier molecular flexibility index (Phi) is 10.9. The Hall–Kier alpha value is -5.62. The van der Waals surface area contributed by atoms with Gasteiger partial charge in [0.2, 0.25) is 5.91 Å². The van der Waals surface area contributed by atoms with E-state index in [1.165, 1.54) is 50.3 Å². The van der Waals surface area contributed by atoms with Crippen LogP contribution in [-0.2, 0) is 9.59 Å². The van der Waals surface area contributed by atoms with Gasteiger partial charge in [-0.3, -0.25) is 24.5 Å². The molecule has 0 heterocycles. The molecule has 0 aliphatic carbocycles. The first-order valence-electron chi connectivity index (χ1n) is 13.6. The molecule has 3 amide bonds. The number of anilines is 2. The molecular weight excluding hydrogens is 596 g/mol. The van der Waals surface area contributed by atoms with Gasteiger partial charge in [-0.05, 0) is 49.4 Å². The van der Waals surface area contributed by atoms with E-state index in [4.69, 9.17) is 9.47 Å². The van der Waals surface area contributed by atoms with Gasteiger partial charge in [0.05, 0.1) is 30.0 Å².